The van der Waals surface area contributed by atoms with Gasteiger partial charge in [-0.05, 0) is 17.7 Å². The SMILES string of the molecule is Cc1nc(CN2CCOC(c3ccc(Cl)c(Cl)c3)C2)no1. The van der Waals surface area contributed by atoms with Crippen LogP contribution in [0.4, 0.5) is 0 Å². The van der Waals surface area contributed by atoms with Gasteiger partial charge in [0.25, 0.3) is 0 Å². The van der Waals surface area contributed by atoms with Gasteiger partial charge >= 0.3 is 0 Å². The summed E-state index contributed by atoms with van der Waals surface area (Å²) in [4.78, 5) is 6.47. The minimum atomic E-state index is -0.0264. The second-order valence-corrected chi connectivity index (χ2v) is 5.81. The third-order valence-electron chi connectivity index (χ3n) is 3.40. The van der Waals surface area contributed by atoms with Gasteiger partial charge in [0.15, 0.2) is 5.82 Å². The normalized spacial score (nSPS) is 19.9. The van der Waals surface area contributed by atoms with Crippen LogP contribution in [-0.2, 0) is 11.3 Å². The highest BCUT2D eigenvalue weighted by Gasteiger charge is 2.23. The minimum absolute atomic E-state index is 0.0264. The summed E-state index contributed by atoms with van der Waals surface area (Å²) in [6, 6.07) is 5.60. The van der Waals surface area contributed by atoms with Crippen LogP contribution in [-0.4, -0.2) is 34.7 Å². The van der Waals surface area contributed by atoms with Gasteiger partial charge in [-0.2, -0.15) is 4.98 Å². The molecule has 1 fully saturated rings. The van der Waals surface area contributed by atoms with E-state index in [1.54, 1.807) is 13.0 Å². The molecule has 0 amide bonds. The minimum Gasteiger partial charge on any atom is -0.371 e. The van der Waals surface area contributed by atoms with Crippen molar-refractivity contribution in [1.82, 2.24) is 15.0 Å². The molecule has 0 aliphatic carbocycles. The Morgan fingerprint density at radius 1 is 1.33 bits per heavy atom. The van der Waals surface area contributed by atoms with E-state index < -0.39 is 0 Å². The van der Waals surface area contributed by atoms with Gasteiger partial charge in [-0.3, -0.25) is 4.90 Å². The number of hydrogen-bond donors (Lipinski definition) is 0. The molecule has 0 spiro atoms. The fourth-order valence-electron chi connectivity index (χ4n) is 2.37. The molecule has 2 aromatic rings. The van der Waals surface area contributed by atoms with Gasteiger partial charge in [0.2, 0.25) is 5.89 Å². The van der Waals surface area contributed by atoms with E-state index in [1.807, 2.05) is 12.1 Å². The first-order valence-corrected chi connectivity index (χ1v) is 7.45. The number of aryl methyl sites for hydroxylation is 1. The van der Waals surface area contributed by atoms with Crippen LogP contribution in [0.3, 0.4) is 0 Å². The molecule has 0 bridgehead atoms. The number of hydrogen-bond acceptors (Lipinski definition) is 5. The summed E-state index contributed by atoms with van der Waals surface area (Å²) in [5.74, 6) is 1.28. The third kappa shape index (κ3) is 3.55. The second-order valence-electron chi connectivity index (χ2n) is 5.00. The fraction of sp³-hybridized carbons (Fsp3) is 0.429. The van der Waals surface area contributed by atoms with E-state index in [9.17, 15) is 0 Å². The Kier molecular flexibility index (Phi) is 4.45. The molecular formula is C14H15Cl2N3O2. The van der Waals surface area contributed by atoms with Crippen LogP contribution in [0.5, 0.6) is 0 Å². The van der Waals surface area contributed by atoms with E-state index in [4.69, 9.17) is 32.5 Å². The van der Waals surface area contributed by atoms with Crippen molar-refractivity contribution in [2.24, 2.45) is 0 Å². The Balaban J connectivity index is 1.68. The molecule has 1 aromatic heterocycles. The zero-order valence-corrected chi connectivity index (χ0v) is 13.1. The van der Waals surface area contributed by atoms with Crippen LogP contribution in [0.1, 0.15) is 23.4 Å². The number of rotatable bonds is 3. The molecule has 0 saturated carbocycles. The summed E-state index contributed by atoms with van der Waals surface area (Å²) in [5.41, 5.74) is 1.03. The zero-order chi connectivity index (χ0) is 14.8. The van der Waals surface area contributed by atoms with Gasteiger partial charge in [-0.1, -0.05) is 34.4 Å². The standard InChI is InChI=1S/C14H15Cl2N3O2/c1-9-17-14(18-21-9)8-19-4-5-20-13(7-19)10-2-3-11(15)12(16)6-10/h2-3,6,13H,4-5,7-8H2,1H3. The largest absolute Gasteiger partial charge is 0.371 e. The van der Waals surface area contributed by atoms with E-state index in [0.717, 1.165) is 18.7 Å². The molecule has 2 heterocycles. The average molecular weight is 328 g/mol. The molecule has 21 heavy (non-hydrogen) atoms. The summed E-state index contributed by atoms with van der Waals surface area (Å²) < 4.78 is 10.8. The lowest BCUT2D eigenvalue weighted by Crippen LogP contribution is -2.38. The van der Waals surface area contributed by atoms with Crippen molar-refractivity contribution < 1.29 is 9.26 Å². The number of morpholine rings is 1. The number of aromatic nitrogens is 2. The molecule has 0 N–H and O–H groups in total. The predicted molar refractivity (Wildman–Crippen MR) is 79.5 cm³/mol. The van der Waals surface area contributed by atoms with Gasteiger partial charge in [0.05, 0.1) is 29.3 Å². The molecule has 1 saturated heterocycles. The Morgan fingerprint density at radius 2 is 2.19 bits per heavy atom. The van der Waals surface area contributed by atoms with Gasteiger partial charge in [-0.15, -0.1) is 0 Å². The Morgan fingerprint density at radius 3 is 2.90 bits per heavy atom. The maximum atomic E-state index is 6.07. The highest BCUT2D eigenvalue weighted by Crippen LogP contribution is 2.29. The number of nitrogens with zero attached hydrogens (tertiary/aromatic N) is 3. The van der Waals surface area contributed by atoms with Crippen molar-refractivity contribution in [3.05, 3.63) is 45.5 Å². The molecule has 5 nitrogen and oxygen atoms in total. The highest BCUT2D eigenvalue weighted by atomic mass is 35.5. The topological polar surface area (TPSA) is 51.4 Å². The predicted octanol–water partition coefficient (Wildman–Crippen LogP) is 3.26. The first-order valence-electron chi connectivity index (χ1n) is 6.70. The lowest BCUT2D eigenvalue weighted by Gasteiger charge is -2.32. The number of benzene rings is 1. The van der Waals surface area contributed by atoms with Crippen LogP contribution in [0.15, 0.2) is 22.7 Å². The summed E-state index contributed by atoms with van der Waals surface area (Å²) >= 11 is 12.0. The van der Waals surface area contributed by atoms with E-state index in [1.165, 1.54) is 0 Å². The van der Waals surface area contributed by atoms with Crippen LogP contribution < -0.4 is 0 Å². The van der Waals surface area contributed by atoms with Crippen molar-refractivity contribution in [1.29, 1.82) is 0 Å². The van der Waals surface area contributed by atoms with Gasteiger partial charge in [0, 0.05) is 20.0 Å². The van der Waals surface area contributed by atoms with E-state index >= 15 is 0 Å². The van der Waals surface area contributed by atoms with E-state index in [0.29, 0.717) is 34.9 Å². The molecule has 1 unspecified atom stereocenters. The van der Waals surface area contributed by atoms with Gasteiger partial charge in [0.1, 0.15) is 0 Å². The monoisotopic (exact) mass is 327 g/mol. The Labute approximate surface area is 132 Å². The van der Waals surface area contributed by atoms with Crippen molar-refractivity contribution in [3.8, 4) is 0 Å². The van der Waals surface area contributed by atoms with E-state index in [2.05, 4.69) is 15.0 Å². The zero-order valence-electron chi connectivity index (χ0n) is 11.6. The molecule has 1 aromatic carbocycles. The molecular weight excluding hydrogens is 313 g/mol. The molecule has 0 radical (unpaired) electrons. The summed E-state index contributed by atoms with van der Waals surface area (Å²) in [7, 11) is 0. The van der Waals surface area contributed by atoms with Crippen molar-refractivity contribution >= 4 is 23.2 Å². The van der Waals surface area contributed by atoms with Gasteiger partial charge in [-0.25, -0.2) is 0 Å². The number of ether oxygens (including phenoxy) is 1. The van der Waals surface area contributed by atoms with Crippen LogP contribution >= 0.6 is 23.2 Å². The second kappa shape index (κ2) is 6.32. The first-order chi connectivity index (χ1) is 10.1. The van der Waals surface area contributed by atoms with Gasteiger partial charge < -0.3 is 9.26 Å². The molecule has 3 rings (SSSR count). The Bertz CT molecular complexity index is 632. The lowest BCUT2D eigenvalue weighted by atomic mass is 10.1. The van der Waals surface area contributed by atoms with Crippen LogP contribution in [0.25, 0.3) is 0 Å². The lowest BCUT2D eigenvalue weighted by molar-refractivity contribution is -0.0338. The Hall–Kier alpha value is -1.14. The summed E-state index contributed by atoms with van der Waals surface area (Å²) in [6.45, 7) is 4.69. The molecule has 112 valence electrons. The third-order valence-corrected chi connectivity index (χ3v) is 4.14. The molecule has 7 heteroatoms. The van der Waals surface area contributed by atoms with Crippen LogP contribution in [0.2, 0.25) is 10.0 Å². The fourth-order valence-corrected chi connectivity index (χ4v) is 2.67. The quantitative estimate of drug-likeness (QED) is 0.866. The number of halogens is 2. The maximum Gasteiger partial charge on any atom is 0.223 e. The molecule has 1 atom stereocenters. The maximum absolute atomic E-state index is 6.07. The average Bonchev–Trinajstić information content (AvgIpc) is 2.87. The van der Waals surface area contributed by atoms with E-state index in [-0.39, 0.29) is 6.10 Å². The highest BCUT2D eigenvalue weighted by molar-refractivity contribution is 6.42. The summed E-state index contributed by atoms with van der Waals surface area (Å²) in [6.07, 6.45) is -0.0264. The molecule has 1 aliphatic rings. The first kappa shape index (κ1) is 14.8. The van der Waals surface area contributed by atoms with Crippen molar-refractivity contribution in [3.63, 3.8) is 0 Å². The van der Waals surface area contributed by atoms with Crippen molar-refractivity contribution in [2.45, 2.75) is 19.6 Å². The summed E-state index contributed by atoms with van der Waals surface area (Å²) in [5, 5.41) is 5.02. The molecule has 1 aliphatic heterocycles. The van der Waals surface area contributed by atoms with Crippen LogP contribution in [0, 0.1) is 6.92 Å². The smallest absolute Gasteiger partial charge is 0.223 e. The van der Waals surface area contributed by atoms with Crippen molar-refractivity contribution in [2.75, 3.05) is 19.7 Å².